The second-order valence-electron chi connectivity index (χ2n) is 6.37. The van der Waals surface area contributed by atoms with E-state index in [9.17, 15) is 19.2 Å². The Bertz CT molecular complexity index is 982. The van der Waals surface area contributed by atoms with Crippen LogP contribution in [-0.4, -0.2) is 40.7 Å². The van der Waals surface area contributed by atoms with E-state index in [1.807, 2.05) is 5.32 Å². The minimum atomic E-state index is -0.903. The predicted molar refractivity (Wildman–Crippen MR) is 99.0 cm³/mol. The van der Waals surface area contributed by atoms with Crippen molar-refractivity contribution >= 4 is 28.9 Å². The van der Waals surface area contributed by atoms with Gasteiger partial charge in [0.1, 0.15) is 5.82 Å². The first-order valence-corrected chi connectivity index (χ1v) is 9.16. The molecule has 9 heteroatoms. The number of benzene rings is 1. The zero-order chi connectivity index (χ0) is 20.1. The largest absolute Gasteiger partial charge is 0.452 e. The Balaban J connectivity index is 1.75. The second-order valence-corrected chi connectivity index (χ2v) is 6.37. The minimum absolute atomic E-state index is 0.115. The van der Waals surface area contributed by atoms with Crippen LogP contribution in [0.4, 0.5) is 4.79 Å². The normalized spacial score (nSPS) is 13.3. The van der Waals surface area contributed by atoms with Crippen molar-refractivity contribution < 1.29 is 23.9 Å². The van der Waals surface area contributed by atoms with Crippen LogP contribution in [0.15, 0.2) is 23.0 Å². The summed E-state index contributed by atoms with van der Waals surface area (Å²) in [5, 5.41) is 2.36. The summed E-state index contributed by atoms with van der Waals surface area (Å²) in [5.41, 5.74) is 0.473. The van der Waals surface area contributed by atoms with Crippen LogP contribution in [0.5, 0.6) is 0 Å². The lowest BCUT2D eigenvalue weighted by Gasteiger charge is -2.11. The quantitative estimate of drug-likeness (QED) is 0.791. The molecule has 0 unspecified atom stereocenters. The van der Waals surface area contributed by atoms with E-state index in [0.29, 0.717) is 29.7 Å². The highest BCUT2D eigenvalue weighted by Gasteiger charge is 2.17. The zero-order valence-corrected chi connectivity index (χ0v) is 15.5. The Hall–Kier alpha value is -3.23. The Kier molecular flexibility index (Phi) is 6.03. The van der Waals surface area contributed by atoms with Crippen LogP contribution in [0.3, 0.4) is 0 Å². The van der Waals surface area contributed by atoms with Gasteiger partial charge >= 0.3 is 12.1 Å². The first-order chi connectivity index (χ1) is 13.5. The number of imide groups is 1. The zero-order valence-electron chi connectivity index (χ0n) is 15.5. The highest BCUT2D eigenvalue weighted by Crippen LogP contribution is 2.16. The third-order valence-electron chi connectivity index (χ3n) is 4.40. The lowest BCUT2D eigenvalue weighted by molar-refractivity contribution is -0.123. The molecule has 1 aromatic carbocycles. The van der Waals surface area contributed by atoms with Crippen LogP contribution in [-0.2, 0) is 27.2 Å². The van der Waals surface area contributed by atoms with Crippen molar-refractivity contribution in [2.45, 2.75) is 39.2 Å². The number of aromatic nitrogens is 2. The van der Waals surface area contributed by atoms with Crippen molar-refractivity contribution in [2.75, 3.05) is 13.2 Å². The fourth-order valence-corrected chi connectivity index (χ4v) is 3.08. The lowest BCUT2D eigenvalue weighted by atomic mass is 10.1. The molecule has 0 saturated heterocycles. The van der Waals surface area contributed by atoms with Gasteiger partial charge in [-0.25, -0.2) is 14.6 Å². The van der Waals surface area contributed by atoms with Crippen molar-refractivity contribution in [3.63, 3.8) is 0 Å². The summed E-state index contributed by atoms with van der Waals surface area (Å²) < 4.78 is 11.2. The third kappa shape index (κ3) is 4.36. The Morgan fingerprint density at radius 2 is 2.00 bits per heavy atom. The molecule has 148 valence electrons. The average Bonchev–Trinajstić information content (AvgIpc) is 2.91. The van der Waals surface area contributed by atoms with Gasteiger partial charge in [-0.1, -0.05) is 6.42 Å². The van der Waals surface area contributed by atoms with Crippen LogP contribution in [0, 0.1) is 0 Å². The number of hydrogen-bond donors (Lipinski definition) is 1. The molecular formula is C19H21N3O6. The summed E-state index contributed by atoms with van der Waals surface area (Å²) in [6, 6.07) is 4.48. The van der Waals surface area contributed by atoms with Crippen molar-refractivity contribution in [3.8, 4) is 0 Å². The fourth-order valence-electron chi connectivity index (χ4n) is 3.08. The molecule has 3 rings (SSSR count). The van der Waals surface area contributed by atoms with Crippen LogP contribution in [0.1, 0.15) is 42.4 Å². The molecule has 1 aliphatic rings. The number of nitrogens with one attached hydrogen (secondary N) is 1. The Morgan fingerprint density at radius 1 is 1.18 bits per heavy atom. The number of nitrogens with zero attached hydrogens (tertiary/aromatic N) is 2. The summed E-state index contributed by atoms with van der Waals surface area (Å²) in [6.45, 7) is 1.74. The maximum Gasteiger partial charge on any atom is 0.413 e. The van der Waals surface area contributed by atoms with E-state index in [1.165, 1.54) is 18.2 Å². The van der Waals surface area contributed by atoms with Crippen molar-refractivity contribution in [1.82, 2.24) is 14.9 Å². The Morgan fingerprint density at radius 3 is 2.79 bits per heavy atom. The van der Waals surface area contributed by atoms with Crippen molar-refractivity contribution in [1.29, 1.82) is 0 Å². The molecule has 2 amide bonds. The minimum Gasteiger partial charge on any atom is -0.452 e. The third-order valence-corrected chi connectivity index (χ3v) is 4.40. The van der Waals surface area contributed by atoms with Crippen molar-refractivity contribution in [2.24, 2.45) is 0 Å². The van der Waals surface area contributed by atoms with Gasteiger partial charge in [0.2, 0.25) is 0 Å². The standard InChI is InChI=1S/C19H21N3O6/c1-2-27-19(26)21-16(23)11-28-18(25)12-7-8-13-14(10-12)20-15-6-4-3-5-9-22(15)17(13)24/h7-8,10H,2-6,9,11H2,1H3,(H,21,23,26). The first kappa shape index (κ1) is 19.5. The Labute approximate surface area is 160 Å². The van der Waals surface area contributed by atoms with E-state index in [0.717, 1.165) is 19.3 Å². The number of fused-ring (bicyclic) bond motifs is 2. The molecule has 0 spiro atoms. The molecule has 0 atom stereocenters. The molecule has 1 N–H and O–H groups in total. The average molecular weight is 387 g/mol. The summed E-state index contributed by atoms with van der Waals surface area (Å²) >= 11 is 0. The van der Waals surface area contributed by atoms with Gasteiger partial charge in [0, 0.05) is 13.0 Å². The van der Waals surface area contributed by atoms with Gasteiger partial charge in [0.25, 0.3) is 11.5 Å². The molecule has 0 saturated carbocycles. The molecule has 2 aromatic rings. The molecule has 0 fully saturated rings. The van der Waals surface area contributed by atoms with Gasteiger partial charge in [-0.3, -0.25) is 19.5 Å². The number of carbonyl (C=O) groups excluding carboxylic acids is 3. The molecule has 1 aromatic heterocycles. The maximum absolute atomic E-state index is 12.7. The van der Waals surface area contributed by atoms with Crippen molar-refractivity contribution in [3.05, 3.63) is 39.9 Å². The van der Waals surface area contributed by atoms with E-state index < -0.39 is 24.6 Å². The van der Waals surface area contributed by atoms with E-state index in [-0.39, 0.29) is 17.7 Å². The molecule has 2 heterocycles. The number of alkyl carbamates (subject to hydrolysis) is 1. The number of rotatable bonds is 4. The van der Waals surface area contributed by atoms with Gasteiger partial charge in [-0.2, -0.15) is 0 Å². The highest BCUT2D eigenvalue weighted by atomic mass is 16.6. The summed E-state index contributed by atoms with van der Waals surface area (Å²) in [5.74, 6) is -0.832. The molecule has 28 heavy (non-hydrogen) atoms. The maximum atomic E-state index is 12.7. The second kappa shape index (κ2) is 8.64. The molecule has 0 radical (unpaired) electrons. The SMILES string of the molecule is CCOC(=O)NC(=O)COC(=O)c1ccc2c(=O)n3c(nc2c1)CCCCC3. The van der Waals surface area contributed by atoms with Crippen LogP contribution in [0.25, 0.3) is 10.9 Å². The number of ether oxygens (including phenoxy) is 2. The van der Waals surface area contributed by atoms with E-state index in [4.69, 9.17) is 4.74 Å². The number of amides is 2. The molecule has 0 bridgehead atoms. The van der Waals surface area contributed by atoms with Gasteiger partial charge in [0.05, 0.1) is 23.1 Å². The van der Waals surface area contributed by atoms with Gasteiger partial charge < -0.3 is 9.47 Å². The van der Waals surface area contributed by atoms with Crippen LogP contribution < -0.4 is 10.9 Å². The fraction of sp³-hybridized carbons (Fsp3) is 0.421. The number of carbonyl (C=O) groups is 3. The van der Waals surface area contributed by atoms with E-state index >= 15 is 0 Å². The number of aryl methyl sites for hydroxylation is 1. The lowest BCUT2D eigenvalue weighted by Crippen LogP contribution is -2.34. The summed E-state index contributed by atoms with van der Waals surface area (Å²) in [6.07, 6.45) is 2.77. The monoisotopic (exact) mass is 387 g/mol. The predicted octanol–water partition coefficient (Wildman–Crippen LogP) is 1.55. The molecule has 9 nitrogen and oxygen atoms in total. The molecule has 1 aliphatic heterocycles. The summed E-state index contributed by atoms with van der Waals surface area (Å²) in [7, 11) is 0. The first-order valence-electron chi connectivity index (χ1n) is 9.16. The van der Waals surface area contributed by atoms with Gasteiger partial charge in [-0.15, -0.1) is 0 Å². The van der Waals surface area contributed by atoms with Crippen LogP contribution in [0.2, 0.25) is 0 Å². The van der Waals surface area contributed by atoms with Gasteiger partial charge in [-0.05, 0) is 38.0 Å². The van der Waals surface area contributed by atoms with Crippen LogP contribution >= 0.6 is 0 Å². The number of esters is 1. The van der Waals surface area contributed by atoms with E-state index in [2.05, 4.69) is 9.72 Å². The topological polar surface area (TPSA) is 117 Å². The molecular weight excluding hydrogens is 366 g/mol. The van der Waals surface area contributed by atoms with E-state index in [1.54, 1.807) is 11.5 Å². The molecule has 0 aliphatic carbocycles. The highest BCUT2D eigenvalue weighted by molar-refractivity contribution is 5.97. The number of hydrogen-bond acceptors (Lipinski definition) is 7. The van der Waals surface area contributed by atoms with Gasteiger partial charge in [0.15, 0.2) is 6.61 Å². The summed E-state index contributed by atoms with van der Waals surface area (Å²) in [4.78, 5) is 52.2. The smallest absolute Gasteiger partial charge is 0.413 e.